The summed E-state index contributed by atoms with van der Waals surface area (Å²) >= 11 is 0. The zero-order valence-corrected chi connectivity index (χ0v) is 21.0. The lowest BCUT2D eigenvalue weighted by atomic mass is 9.97. The van der Waals surface area contributed by atoms with Crippen LogP contribution in [-0.2, 0) is 20.8 Å². The first-order valence-electron chi connectivity index (χ1n) is 12.2. The topological polar surface area (TPSA) is 128 Å². The highest BCUT2D eigenvalue weighted by molar-refractivity contribution is 6.12. The van der Waals surface area contributed by atoms with E-state index >= 15 is 0 Å². The minimum Gasteiger partial charge on any atom is -0.480 e. The molecular formula is C27H34N4O5. The Bertz CT molecular complexity index is 1100. The van der Waals surface area contributed by atoms with Crippen molar-refractivity contribution in [2.75, 3.05) is 10.2 Å². The number of rotatable bonds is 9. The van der Waals surface area contributed by atoms with Gasteiger partial charge in [-0.25, -0.2) is 9.59 Å². The molecule has 2 aromatic carbocycles. The summed E-state index contributed by atoms with van der Waals surface area (Å²) in [5, 5.41) is 17.9. The van der Waals surface area contributed by atoms with E-state index in [0.29, 0.717) is 17.8 Å². The number of fused-ring (bicyclic) bond motifs is 1. The Balaban J connectivity index is 1.93. The number of carbonyl (C=O) groups is 4. The molecular weight excluding hydrogens is 460 g/mol. The molecule has 3 rings (SSSR count). The molecule has 36 heavy (non-hydrogen) atoms. The van der Waals surface area contributed by atoms with Gasteiger partial charge in [-0.2, -0.15) is 0 Å². The van der Waals surface area contributed by atoms with Crippen LogP contribution in [0, 0.1) is 11.8 Å². The van der Waals surface area contributed by atoms with Crippen molar-refractivity contribution in [2.45, 2.75) is 58.7 Å². The second kappa shape index (κ2) is 11.7. The van der Waals surface area contributed by atoms with Gasteiger partial charge in [0.25, 0.3) is 0 Å². The van der Waals surface area contributed by atoms with Crippen LogP contribution in [0.3, 0.4) is 0 Å². The number of urea groups is 1. The van der Waals surface area contributed by atoms with Crippen molar-refractivity contribution in [2.24, 2.45) is 11.8 Å². The van der Waals surface area contributed by atoms with Gasteiger partial charge in [-0.3, -0.25) is 14.5 Å². The summed E-state index contributed by atoms with van der Waals surface area (Å²) in [6, 6.07) is 12.6. The molecule has 0 fully saturated rings. The zero-order valence-electron chi connectivity index (χ0n) is 21.0. The Morgan fingerprint density at radius 1 is 1.00 bits per heavy atom. The molecule has 2 aromatic rings. The third-order valence-electron chi connectivity index (χ3n) is 6.49. The Labute approximate surface area is 211 Å². The highest BCUT2D eigenvalue weighted by Gasteiger charge is 2.40. The summed E-state index contributed by atoms with van der Waals surface area (Å²) in [5.41, 5.74) is 1.82. The molecule has 0 radical (unpaired) electrons. The van der Waals surface area contributed by atoms with Crippen molar-refractivity contribution in [3.05, 3.63) is 60.2 Å². The number of amides is 4. The molecule has 4 amide bonds. The number of benzene rings is 2. The predicted octanol–water partition coefficient (Wildman–Crippen LogP) is 3.41. The SMILES string of the molecule is CC[C@H](C)[C@H](NC(=O)[C@@H](Cc1ccccc1)NC(=O)N1c2ccccc2NC(=O)[C@H]1C(C)C)C(=O)O. The number of aliphatic carboxylic acids is 1. The Morgan fingerprint density at radius 2 is 1.64 bits per heavy atom. The minimum atomic E-state index is -1.14. The van der Waals surface area contributed by atoms with Gasteiger partial charge in [0.15, 0.2) is 0 Å². The number of carboxylic acid groups (broad SMARTS) is 1. The van der Waals surface area contributed by atoms with Gasteiger partial charge in [0.2, 0.25) is 11.8 Å². The van der Waals surface area contributed by atoms with Crippen LogP contribution in [0.25, 0.3) is 0 Å². The summed E-state index contributed by atoms with van der Waals surface area (Å²) in [5.74, 6) is -2.56. The van der Waals surface area contributed by atoms with Crippen LogP contribution < -0.4 is 20.9 Å². The van der Waals surface area contributed by atoms with Crippen molar-refractivity contribution in [3.63, 3.8) is 0 Å². The molecule has 0 aliphatic carbocycles. The number of nitrogens with zero attached hydrogens (tertiary/aromatic N) is 1. The third-order valence-corrected chi connectivity index (χ3v) is 6.49. The average molecular weight is 495 g/mol. The first-order valence-corrected chi connectivity index (χ1v) is 12.2. The maximum atomic E-state index is 13.7. The highest BCUT2D eigenvalue weighted by atomic mass is 16.4. The molecule has 0 saturated carbocycles. The van der Waals surface area contributed by atoms with Crippen LogP contribution in [0.5, 0.6) is 0 Å². The van der Waals surface area contributed by atoms with E-state index in [1.807, 2.05) is 51.1 Å². The van der Waals surface area contributed by atoms with Crippen molar-refractivity contribution in [1.29, 1.82) is 0 Å². The van der Waals surface area contributed by atoms with Gasteiger partial charge in [-0.05, 0) is 29.5 Å². The Morgan fingerprint density at radius 3 is 2.25 bits per heavy atom. The summed E-state index contributed by atoms with van der Waals surface area (Å²) in [4.78, 5) is 53.1. The molecule has 0 saturated heterocycles. The van der Waals surface area contributed by atoms with Crippen LogP contribution in [0.4, 0.5) is 16.2 Å². The number of hydrogen-bond donors (Lipinski definition) is 4. The molecule has 1 aliphatic rings. The van der Waals surface area contributed by atoms with E-state index in [0.717, 1.165) is 5.56 Å². The molecule has 9 heteroatoms. The van der Waals surface area contributed by atoms with Gasteiger partial charge < -0.3 is 21.1 Å². The number of carboxylic acids is 1. The predicted molar refractivity (Wildman–Crippen MR) is 138 cm³/mol. The maximum absolute atomic E-state index is 13.7. The standard InChI is InChI=1S/C27H34N4O5/c1-5-17(4)22(26(34)35)30-24(32)20(15-18-11-7-6-8-12-18)29-27(36)31-21-14-10-9-13-19(21)28-25(33)23(31)16(2)3/h6-14,16-17,20,22-23H,5,15H2,1-4H3,(H,28,33)(H,29,36)(H,30,32)(H,34,35)/t17-,20+,22-,23+/m0/s1. The minimum absolute atomic E-state index is 0.152. The fourth-order valence-electron chi connectivity index (χ4n) is 4.31. The summed E-state index contributed by atoms with van der Waals surface area (Å²) in [6.07, 6.45) is 0.710. The fourth-order valence-corrected chi connectivity index (χ4v) is 4.31. The molecule has 4 N–H and O–H groups in total. The Hall–Kier alpha value is -3.88. The van der Waals surface area contributed by atoms with Crippen LogP contribution in [-0.4, -0.2) is 47.0 Å². The van der Waals surface area contributed by atoms with Crippen molar-refractivity contribution >= 4 is 35.2 Å². The van der Waals surface area contributed by atoms with Crippen molar-refractivity contribution < 1.29 is 24.3 Å². The van der Waals surface area contributed by atoms with E-state index in [1.54, 1.807) is 31.2 Å². The summed E-state index contributed by atoms with van der Waals surface area (Å²) in [7, 11) is 0. The normalized spacial score (nSPS) is 17.4. The van der Waals surface area contributed by atoms with E-state index in [9.17, 15) is 24.3 Å². The molecule has 0 unspecified atom stereocenters. The van der Waals surface area contributed by atoms with E-state index in [2.05, 4.69) is 16.0 Å². The van der Waals surface area contributed by atoms with Crippen LogP contribution in [0.2, 0.25) is 0 Å². The van der Waals surface area contributed by atoms with E-state index in [4.69, 9.17) is 0 Å². The number of para-hydroxylation sites is 2. The zero-order chi connectivity index (χ0) is 26.4. The van der Waals surface area contributed by atoms with Crippen LogP contribution >= 0.6 is 0 Å². The fraction of sp³-hybridized carbons (Fsp3) is 0.407. The molecule has 0 spiro atoms. The van der Waals surface area contributed by atoms with E-state index in [1.165, 1.54) is 4.90 Å². The smallest absolute Gasteiger partial charge is 0.326 e. The van der Waals surface area contributed by atoms with Gasteiger partial charge >= 0.3 is 12.0 Å². The molecule has 4 atom stereocenters. The second-order valence-electron chi connectivity index (χ2n) is 9.47. The number of carbonyl (C=O) groups excluding carboxylic acids is 3. The summed E-state index contributed by atoms with van der Waals surface area (Å²) in [6.45, 7) is 7.29. The third kappa shape index (κ3) is 6.02. The monoisotopic (exact) mass is 494 g/mol. The molecule has 0 aromatic heterocycles. The average Bonchev–Trinajstić information content (AvgIpc) is 2.85. The lowest BCUT2D eigenvalue weighted by Crippen LogP contribution is -2.61. The molecule has 1 aliphatic heterocycles. The second-order valence-corrected chi connectivity index (χ2v) is 9.47. The quantitative estimate of drug-likeness (QED) is 0.425. The maximum Gasteiger partial charge on any atom is 0.326 e. The van der Waals surface area contributed by atoms with Gasteiger partial charge in [-0.1, -0.05) is 76.6 Å². The highest BCUT2D eigenvalue weighted by Crippen LogP contribution is 2.34. The number of nitrogens with one attached hydrogen (secondary N) is 3. The first kappa shape index (κ1) is 26.7. The van der Waals surface area contributed by atoms with Crippen LogP contribution in [0.15, 0.2) is 54.6 Å². The van der Waals surface area contributed by atoms with Crippen molar-refractivity contribution in [3.8, 4) is 0 Å². The van der Waals surface area contributed by atoms with Crippen molar-refractivity contribution in [1.82, 2.24) is 10.6 Å². The number of anilines is 2. The molecule has 0 bridgehead atoms. The van der Waals surface area contributed by atoms with Gasteiger partial charge in [0.1, 0.15) is 18.1 Å². The Kier molecular flexibility index (Phi) is 8.68. The van der Waals surface area contributed by atoms with E-state index < -0.39 is 36.0 Å². The van der Waals surface area contributed by atoms with Gasteiger partial charge in [0.05, 0.1) is 11.4 Å². The van der Waals surface area contributed by atoms with Crippen LogP contribution in [0.1, 0.15) is 39.7 Å². The van der Waals surface area contributed by atoms with Gasteiger partial charge in [0, 0.05) is 6.42 Å². The number of hydrogen-bond acceptors (Lipinski definition) is 4. The summed E-state index contributed by atoms with van der Waals surface area (Å²) < 4.78 is 0. The lowest BCUT2D eigenvalue weighted by molar-refractivity contribution is -0.143. The van der Waals surface area contributed by atoms with E-state index in [-0.39, 0.29) is 24.2 Å². The molecule has 9 nitrogen and oxygen atoms in total. The molecule has 1 heterocycles. The van der Waals surface area contributed by atoms with Gasteiger partial charge in [-0.15, -0.1) is 0 Å². The molecule has 192 valence electrons. The first-order chi connectivity index (χ1) is 17.1. The largest absolute Gasteiger partial charge is 0.480 e. The lowest BCUT2D eigenvalue weighted by Gasteiger charge is -2.39.